The highest BCUT2D eigenvalue weighted by Gasteiger charge is 2.29. The van der Waals surface area contributed by atoms with Crippen LogP contribution in [0.4, 0.5) is 0 Å². The Bertz CT molecular complexity index is 531. The number of benzene rings is 1. The van der Waals surface area contributed by atoms with Crippen LogP contribution in [0.1, 0.15) is 44.2 Å². The molecule has 1 aliphatic rings. The van der Waals surface area contributed by atoms with Crippen LogP contribution in [0.15, 0.2) is 12.1 Å². The van der Waals surface area contributed by atoms with E-state index < -0.39 is 0 Å². The van der Waals surface area contributed by atoms with Crippen LogP contribution in [0.3, 0.4) is 0 Å². The summed E-state index contributed by atoms with van der Waals surface area (Å²) < 4.78 is 10.7. The van der Waals surface area contributed by atoms with Gasteiger partial charge >= 0.3 is 0 Å². The van der Waals surface area contributed by atoms with Crippen molar-refractivity contribution < 1.29 is 14.3 Å². The Labute approximate surface area is 133 Å². The van der Waals surface area contributed by atoms with Crippen molar-refractivity contribution in [3.8, 4) is 11.5 Å². The maximum atomic E-state index is 12.7. The largest absolute Gasteiger partial charge is 0.493 e. The first kappa shape index (κ1) is 16.7. The number of carbonyl (C=O) groups is 1. The van der Waals surface area contributed by atoms with Crippen molar-refractivity contribution >= 4 is 5.91 Å². The van der Waals surface area contributed by atoms with Gasteiger partial charge in [0, 0.05) is 12.1 Å². The van der Waals surface area contributed by atoms with Gasteiger partial charge in [0.1, 0.15) is 0 Å². The number of nitrogens with zero attached hydrogens (tertiary/aromatic N) is 1. The molecule has 2 atom stereocenters. The highest BCUT2D eigenvalue weighted by atomic mass is 16.5. The lowest BCUT2D eigenvalue weighted by molar-refractivity contribution is -0.136. The molecule has 1 saturated heterocycles. The van der Waals surface area contributed by atoms with Crippen molar-refractivity contribution in [3.05, 3.63) is 23.3 Å². The summed E-state index contributed by atoms with van der Waals surface area (Å²) in [7, 11) is 3.24. The lowest BCUT2D eigenvalue weighted by Crippen LogP contribution is -2.48. The van der Waals surface area contributed by atoms with Crippen molar-refractivity contribution in [1.82, 2.24) is 4.90 Å². The second kappa shape index (κ2) is 7.03. The average molecular weight is 305 g/mol. The Kier molecular flexibility index (Phi) is 5.33. The zero-order valence-electron chi connectivity index (χ0n) is 14.3. The van der Waals surface area contributed by atoms with E-state index >= 15 is 0 Å². The van der Waals surface area contributed by atoms with Crippen LogP contribution < -0.4 is 9.47 Å². The van der Waals surface area contributed by atoms with Crippen LogP contribution in [0, 0.1) is 6.92 Å². The summed E-state index contributed by atoms with van der Waals surface area (Å²) in [6.07, 6.45) is 3.82. The molecule has 2 unspecified atom stereocenters. The molecule has 1 fully saturated rings. The number of aryl methyl sites for hydroxylation is 1. The first-order valence-corrected chi connectivity index (χ1v) is 8.00. The lowest BCUT2D eigenvalue weighted by Gasteiger charge is -2.39. The second-order valence-corrected chi connectivity index (χ2v) is 6.24. The second-order valence-electron chi connectivity index (χ2n) is 6.24. The van der Waals surface area contributed by atoms with Gasteiger partial charge in [-0.3, -0.25) is 4.79 Å². The molecule has 0 aliphatic carbocycles. The number of ether oxygens (including phenoxy) is 2. The summed E-state index contributed by atoms with van der Waals surface area (Å²) in [6.45, 7) is 6.30. The summed E-state index contributed by atoms with van der Waals surface area (Å²) in [5, 5.41) is 0. The van der Waals surface area contributed by atoms with E-state index in [1.165, 1.54) is 6.42 Å². The third-order valence-electron chi connectivity index (χ3n) is 4.67. The molecule has 1 aliphatic heterocycles. The molecule has 0 radical (unpaired) electrons. The molecule has 122 valence electrons. The van der Waals surface area contributed by atoms with Crippen LogP contribution in [0.2, 0.25) is 0 Å². The third-order valence-corrected chi connectivity index (χ3v) is 4.67. The van der Waals surface area contributed by atoms with E-state index in [0.29, 0.717) is 30.0 Å². The van der Waals surface area contributed by atoms with Gasteiger partial charge in [-0.2, -0.15) is 0 Å². The molecule has 0 bridgehead atoms. The molecule has 22 heavy (non-hydrogen) atoms. The summed E-state index contributed by atoms with van der Waals surface area (Å²) in [6, 6.07) is 4.52. The Morgan fingerprint density at radius 3 is 2.23 bits per heavy atom. The predicted molar refractivity (Wildman–Crippen MR) is 87.6 cm³/mol. The van der Waals surface area contributed by atoms with Gasteiger partial charge in [0.2, 0.25) is 5.91 Å². The molecular weight excluding hydrogens is 278 g/mol. The van der Waals surface area contributed by atoms with Crippen molar-refractivity contribution in [1.29, 1.82) is 0 Å². The number of hydrogen-bond donors (Lipinski definition) is 0. The topological polar surface area (TPSA) is 38.8 Å². The monoisotopic (exact) mass is 305 g/mol. The predicted octanol–water partition coefficient (Wildman–Crippen LogP) is 3.34. The van der Waals surface area contributed by atoms with Gasteiger partial charge in [-0.1, -0.05) is 0 Å². The Morgan fingerprint density at radius 2 is 1.68 bits per heavy atom. The van der Waals surface area contributed by atoms with Crippen molar-refractivity contribution in [2.24, 2.45) is 0 Å². The van der Waals surface area contributed by atoms with E-state index in [1.807, 2.05) is 19.1 Å². The van der Waals surface area contributed by atoms with Gasteiger partial charge < -0.3 is 14.4 Å². The Morgan fingerprint density at radius 1 is 1.14 bits per heavy atom. The minimum atomic E-state index is 0.204. The van der Waals surface area contributed by atoms with Gasteiger partial charge in [-0.15, -0.1) is 0 Å². The normalized spacial score (nSPS) is 21.6. The minimum absolute atomic E-state index is 0.204. The number of likely N-dealkylation sites (tertiary alicyclic amines) is 1. The maximum absolute atomic E-state index is 12.7. The zero-order chi connectivity index (χ0) is 16.3. The number of methoxy groups -OCH3 is 2. The van der Waals surface area contributed by atoms with E-state index in [2.05, 4.69) is 18.7 Å². The molecule has 2 rings (SSSR count). The standard InChI is InChI=1S/C18H27NO3/c1-12-9-16(21-4)17(22-5)10-15(12)11-18(20)19-13(2)7-6-8-14(19)3/h9-10,13-14H,6-8,11H2,1-5H3. The number of carbonyl (C=O) groups excluding carboxylic acids is 1. The molecule has 1 amide bonds. The molecule has 4 nitrogen and oxygen atoms in total. The van der Waals surface area contributed by atoms with Gasteiger partial charge in [0.15, 0.2) is 11.5 Å². The lowest BCUT2D eigenvalue weighted by atomic mass is 9.95. The molecule has 1 heterocycles. The molecule has 0 aromatic heterocycles. The van der Waals surface area contributed by atoms with Crippen LogP contribution in [0.5, 0.6) is 11.5 Å². The first-order chi connectivity index (χ1) is 10.5. The third kappa shape index (κ3) is 3.37. The van der Waals surface area contributed by atoms with E-state index in [1.54, 1.807) is 14.2 Å². The SMILES string of the molecule is COc1cc(C)c(CC(=O)N2C(C)CCCC2C)cc1OC. The fourth-order valence-electron chi connectivity index (χ4n) is 3.38. The van der Waals surface area contributed by atoms with Gasteiger partial charge in [0.25, 0.3) is 0 Å². The van der Waals surface area contributed by atoms with E-state index in [-0.39, 0.29) is 5.91 Å². The summed E-state index contributed by atoms with van der Waals surface area (Å²) in [5.74, 6) is 1.58. The molecule has 4 heteroatoms. The van der Waals surface area contributed by atoms with Crippen molar-refractivity contribution in [2.75, 3.05) is 14.2 Å². The number of amides is 1. The van der Waals surface area contributed by atoms with Crippen LogP contribution in [-0.2, 0) is 11.2 Å². The van der Waals surface area contributed by atoms with Crippen molar-refractivity contribution in [3.63, 3.8) is 0 Å². The molecule has 1 aromatic rings. The number of hydrogen-bond acceptors (Lipinski definition) is 3. The van der Waals surface area contributed by atoms with Gasteiger partial charge in [0.05, 0.1) is 20.6 Å². The van der Waals surface area contributed by atoms with Gasteiger partial charge in [-0.25, -0.2) is 0 Å². The van der Waals surface area contributed by atoms with Crippen LogP contribution in [0.25, 0.3) is 0 Å². The van der Waals surface area contributed by atoms with E-state index in [4.69, 9.17) is 9.47 Å². The summed E-state index contributed by atoms with van der Waals surface area (Å²) in [4.78, 5) is 14.8. The van der Waals surface area contributed by atoms with Crippen molar-refractivity contribution in [2.45, 2.75) is 58.5 Å². The van der Waals surface area contributed by atoms with E-state index in [9.17, 15) is 4.79 Å². The molecule has 1 aromatic carbocycles. The van der Waals surface area contributed by atoms with Crippen LogP contribution >= 0.6 is 0 Å². The molecule has 0 N–H and O–H groups in total. The smallest absolute Gasteiger partial charge is 0.227 e. The molecule has 0 saturated carbocycles. The quantitative estimate of drug-likeness (QED) is 0.856. The maximum Gasteiger partial charge on any atom is 0.227 e. The average Bonchev–Trinajstić information content (AvgIpc) is 2.48. The van der Waals surface area contributed by atoms with Gasteiger partial charge in [-0.05, 0) is 63.3 Å². The highest BCUT2D eigenvalue weighted by molar-refractivity contribution is 5.80. The number of piperidine rings is 1. The summed E-state index contributed by atoms with van der Waals surface area (Å²) >= 11 is 0. The summed E-state index contributed by atoms with van der Waals surface area (Å²) in [5.41, 5.74) is 2.07. The fourth-order valence-corrected chi connectivity index (χ4v) is 3.38. The Hall–Kier alpha value is -1.71. The molecule has 0 spiro atoms. The Balaban J connectivity index is 2.20. The number of rotatable bonds is 4. The fraction of sp³-hybridized carbons (Fsp3) is 0.611. The first-order valence-electron chi connectivity index (χ1n) is 8.00. The van der Waals surface area contributed by atoms with Crippen LogP contribution in [-0.4, -0.2) is 37.1 Å². The van der Waals surface area contributed by atoms with E-state index in [0.717, 1.165) is 24.0 Å². The molecular formula is C18H27NO3. The highest BCUT2D eigenvalue weighted by Crippen LogP contribution is 2.31. The zero-order valence-corrected chi connectivity index (χ0v) is 14.3. The minimum Gasteiger partial charge on any atom is -0.493 e.